The molecule has 1 aromatic carbocycles. The molecule has 1 heterocycles. The Labute approximate surface area is 151 Å². The summed E-state index contributed by atoms with van der Waals surface area (Å²) in [7, 11) is 1.96. The van der Waals surface area contributed by atoms with Crippen molar-refractivity contribution in [2.45, 2.75) is 65.1 Å². The van der Waals surface area contributed by atoms with E-state index in [1.807, 2.05) is 37.9 Å². The molecule has 0 saturated carbocycles. The fourth-order valence-electron chi connectivity index (χ4n) is 3.55. The molecule has 2 atom stereocenters. The van der Waals surface area contributed by atoms with E-state index in [9.17, 15) is 9.90 Å². The van der Waals surface area contributed by atoms with Crippen molar-refractivity contribution in [3.8, 4) is 5.75 Å². The van der Waals surface area contributed by atoms with Crippen molar-refractivity contribution < 1.29 is 14.6 Å². The standard InChI is InChI=1S/C20H32N2O3/c1-6-16(7-2)25-17-9-8-14-10-15(12-23)21-20(24)19(13(3)4)22(5)18(14)11-17/h8-9,11,13,15-16,19,23H,6-7,10,12H2,1-5H3,(H,21,24)/t15-,19-/m1/s1. The lowest BCUT2D eigenvalue weighted by Gasteiger charge is -2.37. The van der Waals surface area contributed by atoms with Crippen LogP contribution < -0.4 is 15.0 Å². The highest BCUT2D eigenvalue weighted by molar-refractivity contribution is 5.86. The summed E-state index contributed by atoms with van der Waals surface area (Å²) in [6.07, 6.45) is 2.74. The molecule has 1 aromatic rings. The van der Waals surface area contributed by atoms with Crippen molar-refractivity contribution in [2.24, 2.45) is 5.92 Å². The minimum Gasteiger partial charge on any atom is -0.490 e. The van der Waals surface area contributed by atoms with Gasteiger partial charge in [-0.15, -0.1) is 0 Å². The van der Waals surface area contributed by atoms with Crippen LogP contribution in [0.25, 0.3) is 0 Å². The molecule has 0 bridgehead atoms. The van der Waals surface area contributed by atoms with Crippen LogP contribution in [-0.4, -0.2) is 42.9 Å². The first kappa shape index (κ1) is 19.6. The van der Waals surface area contributed by atoms with Crippen LogP contribution in [0.2, 0.25) is 0 Å². The number of hydrogen-bond donors (Lipinski definition) is 2. The van der Waals surface area contributed by atoms with Crippen LogP contribution in [-0.2, 0) is 11.2 Å². The zero-order valence-corrected chi connectivity index (χ0v) is 16.1. The van der Waals surface area contributed by atoms with Gasteiger partial charge in [0.25, 0.3) is 0 Å². The Kier molecular flexibility index (Phi) is 6.71. The summed E-state index contributed by atoms with van der Waals surface area (Å²) in [6, 6.07) is 5.55. The van der Waals surface area contributed by atoms with Gasteiger partial charge < -0.3 is 20.1 Å². The van der Waals surface area contributed by atoms with Crippen LogP contribution >= 0.6 is 0 Å². The average Bonchev–Trinajstić information content (AvgIpc) is 2.58. The molecular formula is C20H32N2O3. The van der Waals surface area contributed by atoms with Gasteiger partial charge in [-0.2, -0.15) is 0 Å². The number of carbonyl (C=O) groups is 1. The molecule has 140 valence electrons. The Hall–Kier alpha value is -1.75. The first-order valence-electron chi connectivity index (χ1n) is 9.34. The third kappa shape index (κ3) is 4.46. The van der Waals surface area contributed by atoms with E-state index in [1.54, 1.807) is 0 Å². The molecule has 1 amide bonds. The summed E-state index contributed by atoms with van der Waals surface area (Å²) in [6.45, 7) is 8.27. The van der Waals surface area contributed by atoms with Gasteiger partial charge in [-0.3, -0.25) is 4.79 Å². The summed E-state index contributed by atoms with van der Waals surface area (Å²) < 4.78 is 6.10. The number of carbonyl (C=O) groups excluding carboxylic acids is 1. The first-order valence-corrected chi connectivity index (χ1v) is 9.34. The quantitative estimate of drug-likeness (QED) is 0.830. The number of benzene rings is 1. The topological polar surface area (TPSA) is 61.8 Å². The van der Waals surface area contributed by atoms with E-state index in [2.05, 4.69) is 25.2 Å². The number of amides is 1. The van der Waals surface area contributed by atoms with Crippen LogP contribution in [0.1, 0.15) is 46.1 Å². The van der Waals surface area contributed by atoms with E-state index in [4.69, 9.17) is 4.74 Å². The van der Waals surface area contributed by atoms with Crippen molar-refractivity contribution in [3.05, 3.63) is 23.8 Å². The largest absolute Gasteiger partial charge is 0.490 e. The Morgan fingerprint density at radius 3 is 2.56 bits per heavy atom. The maximum Gasteiger partial charge on any atom is 0.243 e. The average molecular weight is 348 g/mol. The predicted octanol–water partition coefficient (Wildman–Crippen LogP) is 2.75. The molecule has 25 heavy (non-hydrogen) atoms. The van der Waals surface area contributed by atoms with Gasteiger partial charge in [-0.05, 0) is 36.8 Å². The summed E-state index contributed by atoms with van der Waals surface area (Å²) in [5, 5.41) is 12.6. The number of nitrogens with zero attached hydrogens (tertiary/aromatic N) is 1. The second kappa shape index (κ2) is 8.56. The number of rotatable bonds is 6. The Balaban J connectivity index is 2.42. The molecule has 0 spiro atoms. The van der Waals surface area contributed by atoms with E-state index < -0.39 is 0 Å². The number of fused-ring (bicyclic) bond motifs is 1. The zero-order chi connectivity index (χ0) is 18.6. The molecule has 2 N–H and O–H groups in total. The van der Waals surface area contributed by atoms with Gasteiger partial charge in [0.05, 0.1) is 18.8 Å². The summed E-state index contributed by atoms with van der Waals surface area (Å²) in [5.74, 6) is 0.954. The maximum absolute atomic E-state index is 12.7. The van der Waals surface area contributed by atoms with Gasteiger partial charge >= 0.3 is 0 Å². The van der Waals surface area contributed by atoms with E-state index in [0.717, 1.165) is 29.8 Å². The molecule has 0 radical (unpaired) electrons. The van der Waals surface area contributed by atoms with Crippen LogP contribution in [0.5, 0.6) is 5.75 Å². The molecule has 1 aliphatic rings. The molecular weight excluding hydrogens is 316 g/mol. The summed E-state index contributed by atoms with van der Waals surface area (Å²) in [5.41, 5.74) is 2.12. The molecule has 5 heteroatoms. The third-order valence-corrected chi connectivity index (χ3v) is 5.00. The van der Waals surface area contributed by atoms with Gasteiger partial charge in [0.2, 0.25) is 5.91 Å². The van der Waals surface area contributed by atoms with Crippen molar-refractivity contribution in [1.82, 2.24) is 5.32 Å². The van der Waals surface area contributed by atoms with Gasteiger partial charge in [0, 0.05) is 18.8 Å². The fraction of sp³-hybridized carbons (Fsp3) is 0.650. The van der Waals surface area contributed by atoms with Gasteiger partial charge in [-0.1, -0.05) is 33.8 Å². The Morgan fingerprint density at radius 1 is 1.32 bits per heavy atom. The molecule has 0 unspecified atom stereocenters. The fourth-order valence-corrected chi connectivity index (χ4v) is 3.55. The van der Waals surface area contributed by atoms with Crippen LogP contribution in [0, 0.1) is 5.92 Å². The summed E-state index contributed by atoms with van der Waals surface area (Å²) >= 11 is 0. The van der Waals surface area contributed by atoms with Crippen LogP contribution in [0.3, 0.4) is 0 Å². The normalized spacial score (nSPS) is 21.0. The number of ether oxygens (including phenoxy) is 1. The predicted molar refractivity (Wildman–Crippen MR) is 101 cm³/mol. The number of hydrogen-bond acceptors (Lipinski definition) is 4. The smallest absolute Gasteiger partial charge is 0.243 e. The van der Waals surface area contributed by atoms with Crippen molar-refractivity contribution >= 4 is 11.6 Å². The lowest BCUT2D eigenvalue weighted by atomic mass is 9.95. The summed E-state index contributed by atoms with van der Waals surface area (Å²) in [4.78, 5) is 14.7. The lowest BCUT2D eigenvalue weighted by Crippen LogP contribution is -2.54. The van der Waals surface area contributed by atoms with Crippen molar-refractivity contribution in [2.75, 3.05) is 18.6 Å². The zero-order valence-electron chi connectivity index (χ0n) is 16.1. The minimum atomic E-state index is -0.281. The van der Waals surface area contributed by atoms with E-state index in [1.165, 1.54) is 0 Å². The van der Waals surface area contributed by atoms with Crippen LogP contribution in [0.15, 0.2) is 18.2 Å². The van der Waals surface area contributed by atoms with E-state index in [-0.39, 0.29) is 36.6 Å². The van der Waals surface area contributed by atoms with E-state index >= 15 is 0 Å². The molecule has 0 aromatic heterocycles. The Bertz CT molecular complexity index is 584. The van der Waals surface area contributed by atoms with Gasteiger partial charge in [0.15, 0.2) is 0 Å². The molecule has 1 aliphatic heterocycles. The number of anilines is 1. The van der Waals surface area contributed by atoms with Crippen molar-refractivity contribution in [1.29, 1.82) is 0 Å². The number of likely N-dealkylation sites (N-methyl/N-ethyl adjacent to an activating group) is 1. The SMILES string of the molecule is CCC(CC)Oc1ccc2c(c1)N(C)[C@H](C(C)C)C(=O)N[C@@H](CO)C2. The highest BCUT2D eigenvalue weighted by Crippen LogP contribution is 2.31. The highest BCUT2D eigenvalue weighted by Gasteiger charge is 2.32. The molecule has 0 saturated heterocycles. The second-order valence-electron chi connectivity index (χ2n) is 7.24. The van der Waals surface area contributed by atoms with Crippen molar-refractivity contribution in [3.63, 3.8) is 0 Å². The molecule has 0 fully saturated rings. The third-order valence-electron chi connectivity index (χ3n) is 5.00. The number of aliphatic hydroxyl groups excluding tert-OH is 1. The first-order chi connectivity index (χ1) is 11.9. The second-order valence-corrected chi connectivity index (χ2v) is 7.24. The molecule has 2 rings (SSSR count). The van der Waals surface area contributed by atoms with E-state index in [0.29, 0.717) is 6.42 Å². The van der Waals surface area contributed by atoms with Crippen LogP contribution in [0.4, 0.5) is 5.69 Å². The lowest BCUT2D eigenvalue weighted by molar-refractivity contribution is -0.124. The molecule has 0 aliphatic carbocycles. The maximum atomic E-state index is 12.7. The molecule has 5 nitrogen and oxygen atoms in total. The van der Waals surface area contributed by atoms with Gasteiger partial charge in [0.1, 0.15) is 11.8 Å². The number of nitrogens with one attached hydrogen (secondary N) is 1. The highest BCUT2D eigenvalue weighted by atomic mass is 16.5. The monoisotopic (exact) mass is 348 g/mol. The minimum absolute atomic E-state index is 0.0338. The van der Waals surface area contributed by atoms with Gasteiger partial charge in [-0.25, -0.2) is 0 Å². The Morgan fingerprint density at radius 2 is 2.00 bits per heavy atom. The number of aliphatic hydroxyl groups is 1.